The number of nitrogens with zero attached hydrogens (tertiary/aromatic N) is 2. The van der Waals surface area contributed by atoms with E-state index in [4.69, 9.17) is 14.0 Å². The summed E-state index contributed by atoms with van der Waals surface area (Å²) in [6.45, 7) is 1.75. The Bertz CT molecular complexity index is 785. The van der Waals surface area contributed by atoms with Crippen LogP contribution in [0.15, 0.2) is 28.8 Å². The van der Waals surface area contributed by atoms with Gasteiger partial charge in [-0.1, -0.05) is 18.0 Å². The highest BCUT2D eigenvalue weighted by atomic mass is 16.5. The molecular weight excluding hydrogens is 334 g/mol. The van der Waals surface area contributed by atoms with Gasteiger partial charge in [-0.15, -0.1) is 0 Å². The molecule has 2 aromatic rings. The number of hydrogen-bond acceptors (Lipinski definition) is 6. The van der Waals surface area contributed by atoms with E-state index < -0.39 is 5.54 Å². The van der Waals surface area contributed by atoms with E-state index in [-0.39, 0.29) is 5.91 Å². The van der Waals surface area contributed by atoms with E-state index >= 15 is 0 Å². The summed E-state index contributed by atoms with van der Waals surface area (Å²) in [7, 11) is 3.18. The van der Waals surface area contributed by atoms with Gasteiger partial charge >= 0.3 is 0 Å². The van der Waals surface area contributed by atoms with Crippen LogP contribution in [0.5, 0.6) is 11.5 Å². The van der Waals surface area contributed by atoms with Crippen LogP contribution >= 0.6 is 0 Å². The lowest BCUT2D eigenvalue weighted by atomic mass is 9.96. The van der Waals surface area contributed by atoms with Crippen LogP contribution in [0.1, 0.15) is 43.0 Å². The van der Waals surface area contributed by atoms with Crippen molar-refractivity contribution in [3.63, 3.8) is 0 Å². The summed E-state index contributed by atoms with van der Waals surface area (Å²) < 4.78 is 15.6. The van der Waals surface area contributed by atoms with Crippen LogP contribution in [0.3, 0.4) is 0 Å². The van der Waals surface area contributed by atoms with Gasteiger partial charge in [-0.05, 0) is 36.6 Å². The highest BCUT2D eigenvalue weighted by Crippen LogP contribution is 2.37. The maximum absolute atomic E-state index is 12.5. The molecule has 0 spiro atoms. The molecule has 1 amide bonds. The highest BCUT2D eigenvalue weighted by molar-refractivity contribution is 5.92. The van der Waals surface area contributed by atoms with Crippen LogP contribution in [0.2, 0.25) is 0 Å². The maximum Gasteiger partial charge on any atom is 0.244 e. The first-order valence-corrected chi connectivity index (χ1v) is 8.59. The molecular formula is C19H23N3O4. The van der Waals surface area contributed by atoms with Crippen molar-refractivity contribution in [3.05, 3.63) is 41.6 Å². The number of methoxy groups -OCH3 is 2. The lowest BCUT2D eigenvalue weighted by Gasteiger charge is -2.25. The minimum Gasteiger partial charge on any atom is -0.497 e. The standard InChI is InChI=1S/C19H23N3O4/c1-13-20-18(22-26-13)19(8-4-5-9-19)21-17(23)7-6-14-10-15(24-2)12-16(11-14)25-3/h6-7,10-12H,4-5,8-9H2,1-3H3,(H,21,23)/b7-6+. The van der Waals surface area contributed by atoms with Crippen molar-refractivity contribution >= 4 is 12.0 Å². The van der Waals surface area contributed by atoms with Crippen molar-refractivity contribution < 1.29 is 18.8 Å². The summed E-state index contributed by atoms with van der Waals surface area (Å²) in [5, 5.41) is 7.10. The Morgan fingerprint density at radius 3 is 2.38 bits per heavy atom. The Morgan fingerprint density at radius 1 is 1.19 bits per heavy atom. The minimum absolute atomic E-state index is 0.198. The Labute approximate surface area is 152 Å². The number of aryl methyl sites for hydroxylation is 1. The molecule has 0 aliphatic heterocycles. The molecule has 1 fully saturated rings. The predicted octanol–water partition coefficient (Wildman–Crippen LogP) is 2.99. The van der Waals surface area contributed by atoms with Gasteiger partial charge in [0.1, 0.15) is 17.0 Å². The summed E-state index contributed by atoms with van der Waals surface area (Å²) in [6, 6.07) is 5.45. The first-order valence-electron chi connectivity index (χ1n) is 8.59. The molecule has 7 heteroatoms. The van der Waals surface area contributed by atoms with Crippen molar-refractivity contribution in [2.45, 2.75) is 38.1 Å². The third kappa shape index (κ3) is 3.87. The van der Waals surface area contributed by atoms with Gasteiger partial charge in [0.2, 0.25) is 11.8 Å². The largest absolute Gasteiger partial charge is 0.497 e. The van der Waals surface area contributed by atoms with Crippen LogP contribution in [0.25, 0.3) is 6.08 Å². The average Bonchev–Trinajstić information content (AvgIpc) is 3.29. The quantitative estimate of drug-likeness (QED) is 0.800. The topological polar surface area (TPSA) is 86.5 Å². The number of aromatic nitrogens is 2. The van der Waals surface area contributed by atoms with E-state index in [0.717, 1.165) is 31.2 Å². The zero-order valence-corrected chi connectivity index (χ0v) is 15.2. The Hall–Kier alpha value is -2.83. The molecule has 1 aromatic heterocycles. The zero-order valence-electron chi connectivity index (χ0n) is 15.2. The molecule has 0 unspecified atom stereocenters. The predicted molar refractivity (Wildman–Crippen MR) is 95.9 cm³/mol. The van der Waals surface area contributed by atoms with Crippen molar-refractivity contribution in [2.24, 2.45) is 0 Å². The van der Waals surface area contributed by atoms with Gasteiger partial charge in [-0.25, -0.2) is 0 Å². The van der Waals surface area contributed by atoms with Gasteiger partial charge in [0, 0.05) is 19.1 Å². The Morgan fingerprint density at radius 2 is 1.85 bits per heavy atom. The number of ether oxygens (including phenoxy) is 2. The second kappa shape index (κ2) is 7.59. The molecule has 0 bridgehead atoms. The Balaban J connectivity index is 1.76. The molecule has 7 nitrogen and oxygen atoms in total. The molecule has 0 saturated heterocycles. The second-order valence-electron chi connectivity index (χ2n) is 6.39. The first kappa shape index (κ1) is 18.0. The van der Waals surface area contributed by atoms with Crippen LogP contribution < -0.4 is 14.8 Å². The molecule has 0 radical (unpaired) electrons. The van der Waals surface area contributed by atoms with E-state index in [1.165, 1.54) is 6.08 Å². The maximum atomic E-state index is 12.5. The van der Waals surface area contributed by atoms with E-state index in [9.17, 15) is 4.79 Å². The van der Waals surface area contributed by atoms with E-state index in [0.29, 0.717) is 23.2 Å². The van der Waals surface area contributed by atoms with Crippen molar-refractivity contribution in [2.75, 3.05) is 14.2 Å². The van der Waals surface area contributed by atoms with Crippen LogP contribution in [-0.4, -0.2) is 30.3 Å². The van der Waals surface area contributed by atoms with Crippen molar-refractivity contribution in [1.82, 2.24) is 15.5 Å². The van der Waals surface area contributed by atoms with Gasteiger partial charge in [0.05, 0.1) is 14.2 Å². The smallest absolute Gasteiger partial charge is 0.244 e. The number of hydrogen-bond donors (Lipinski definition) is 1. The minimum atomic E-state index is -0.550. The SMILES string of the molecule is COc1cc(/C=C/C(=O)NC2(c3noc(C)n3)CCCC2)cc(OC)c1. The van der Waals surface area contributed by atoms with Gasteiger partial charge in [0.15, 0.2) is 5.82 Å². The number of nitrogens with one attached hydrogen (secondary N) is 1. The molecule has 138 valence electrons. The molecule has 3 rings (SSSR count). The zero-order chi connectivity index (χ0) is 18.6. The number of benzene rings is 1. The number of rotatable bonds is 6. The fourth-order valence-electron chi connectivity index (χ4n) is 3.25. The second-order valence-corrected chi connectivity index (χ2v) is 6.39. The molecule has 0 atom stereocenters. The summed E-state index contributed by atoms with van der Waals surface area (Å²) in [4.78, 5) is 16.9. The average molecular weight is 357 g/mol. The molecule has 1 heterocycles. The summed E-state index contributed by atoms with van der Waals surface area (Å²) in [5.74, 6) is 2.19. The van der Waals surface area contributed by atoms with Crippen LogP contribution in [0.4, 0.5) is 0 Å². The molecule has 1 N–H and O–H groups in total. The number of carbonyl (C=O) groups excluding carboxylic acids is 1. The summed E-state index contributed by atoms with van der Waals surface area (Å²) in [6.07, 6.45) is 6.87. The fourth-order valence-corrected chi connectivity index (χ4v) is 3.25. The number of amides is 1. The normalized spacial score (nSPS) is 16.0. The van der Waals surface area contributed by atoms with Gasteiger partial charge in [-0.3, -0.25) is 4.79 Å². The monoisotopic (exact) mass is 357 g/mol. The molecule has 1 aromatic carbocycles. The number of carbonyl (C=O) groups is 1. The van der Waals surface area contributed by atoms with E-state index in [2.05, 4.69) is 15.5 Å². The lowest BCUT2D eigenvalue weighted by Crippen LogP contribution is -2.44. The third-order valence-corrected chi connectivity index (χ3v) is 4.58. The van der Waals surface area contributed by atoms with Gasteiger partial charge < -0.3 is 19.3 Å². The van der Waals surface area contributed by atoms with E-state index in [1.807, 2.05) is 12.1 Å². The summed E-state index contributed by atoms with van der Waals surface area (Å²) in [5.41, 5.74) is 0.262. The third-order valence-electron chi connectivity index (χ3n) is 4.58. The highest BCUT2D eigenvalue weighted by Gasteiger charge is 2.40. The molecule has 1 saturated carbocycles. The lowest BCUT2D eigenvalue weighted by molar-refractivity contribution is -0.118. The molecule has 26 heavy (non-hydrogen) atoms. The van der Waals surface area contributed by atoms with Crippen LogP contribution in [-0.2, 0) is 10.3 Å². The van der Waals surface area contributed by atoms with Crippen molar-refractivity contribution in [1.29, 1.82) is 0 Å². The van der Waals surface area contributed by atoms with Crippen molar-refractivity contribution in [3.8, 4) is 11.5 Å². The van der Waals surface area contributed by atoms with Gasteiger partial charge in [-0.2, -0.15) is 4.98 Å². The van der Waals surface area contributed by atoms with Gasteiger partial charge in [0.25, 0.3) is 0 Å². The Kier molecular flexibility index (Phi) is 5.25. The van der Waals surface area contributed by atoms with E-state index in [1.54, 1.807) is 33.3 Å². The summed E-state index contributed by atoms with van der Waals surface area (Å²) >= 11 is 0. The first-order chi connectivity index (χ1) is 12.5. The fraction of sp³-hybridized carbons (Fsp3) is 0.421. The molecule has 1 aliphatic carbocycles. The molecule has 1 aliphatic rings. The van der Waals surface area contributed by atoms with Crippen LogP contribution in [0, 0.1) is 6.92 Å².